The number of rotatable bonds is 2. The second kappa shape index (κ2) is 3.53. The van der Waals surface area contributed by atoms with Crippen molar-refractivity contribution in [2.75, 3.05) is 0 Å². The summed E-state index contributed by atoms with van der Waals surface area (Å²) in [5.74, 6) is 0.228. The highest BCUT2D eigenvalue weighted by Crippen LogP contribution is 2.19. The molecule has 1 rings (SSSR count). The second-order valence-electron chi connectivity index (χ2n) is 2.16. The van der Waals surface area contributed by atoms with Crippen molar-refractivity contribution in [2.24, 2.45) is 0 Å². The van der Waals surface area contributed by atoms with E-state index < -0.39 is 4.92 Å². The number of halogens is 1. The Morgan fingerprint density at radius 3 is 2.83 bits per heavy atom. The fourth-order valence-corrected chi connectivity index (χ4v) is 0.940. The largest absolute Gasteiger partial charge is 0.433 e. The van der Waals surface area contributed by atoms with Gasteiger partial charge >= 0.3 is 5.88 Å². The van der Waals surface area contributed by atoms with Gasteiger partial charge in [0.1, 0.15) is 10.7 Å². The first kappa shape index (κ1) is 8.99. The van der Waals surface area contributed by atoms with Crippen LogP contribution in [0.5, 0.6) is 0 Å². The molecule has 0 fully saturated rings. The molecular formula is C7H6BrNO3. The Bertz CT molecular complexity index is 325. The zero-order valence-electron chi connectivity index (χ0n) is 6.28. The van der Waals surface area contributed by atoms with Crippen molar-refractivity contribution in [3.63, 3.8) is 0 Å². The van der Waals surface area contributed by atoms with Crippen molar-refractivity contribution in [2.45, 2.75) is 6.92 Å². The first-order valence-electron chi connectivity index (χ1n) is 3.17. The van der Waals surface area contributed by atoms with Gasteiger partial charge in [0.2, 0.25) is 0 Å². The summed E-state index contributed by atoms with van der Waals surface area (Å²) in [5, 5.41) is 10.2. The summed E-state index contributed by atoms with van der Waals surface area (Å²) in [5.41, 5.74) is 0. The monoisotopic (exact) mass is 231 g/mol. The Balaban J connectivity index is 2.92. The van der Waals surface area contributed by atoms with Gasteiger partial charge in [0, 0.05) is 0 Å². The molecule has 4 nitrogen and oxygen atoms in total. The molecule has 0 amide bonds. The van der Waals surface area contributed by atoms with E-state index in [0.29, 0.717) is 5.76 Å². The molecule has 0 aliphatic carbocycles. The molecule has 0 saturated carbocycles. The summed E-state index contributed by atoms with van der Waals surface area (Å²) < 4.78 is 5.70. The lowest BCUT2D eigenvalue weighted by Gasteiger charge is -1.84. The van der Waals surface area contributed by atoms with Crippen LogP contribution in [0.3, 0.4) is 0 Å². The summed E-state index contributed by atoms with van der Waals surface area (Å²) in [6.45, 7) is 1.81. The minimum Gasteiger partial charge on any atom is -0.401 e. The Hall–Kier alpha value is -1.10. The molecule has 5 heteroatoms. The van der Waals surface area contributed by atoms with Gasteiger partial charge in [0.15, 0.2) is 0 Å². The molecule has 0 atom stereocenters. The van der Waals surface area contributed by atoms with E-state index in [1.165, 1.54) is 6.07 Å². The van der Waals surface area contributed by atoms with E-state index in [-0.39, 0.29) is 5.88 Å². The summed E-state index contributed by atoms with van der Waals surface area (Å²) in [7, 11) is 0. The fraction of sp³-hybridized carbons (Fsp3) is 0.143. The second-order valence-corrected chi connectivity index (χ2v) is 3.42. The molecule has 0 aliphatic rings. The van der Waals surface area contributed by atoms with E-state index in [9.17, 15) is 10.1 Å². The van der Waals surface area contributed by atoms with E-state index in [2.05, 4.69) is 15.9 Å². The molecular weight excluding hydrogens is 226 g/mol. The van der Waals surface area contributed by atoms with E-state index >= 15 is 0 Å². The number of nitro groups is 1. The predicted molar refractivity (Wildman–Crippen MR) is 47.9 cm³/mol. The first-order valence-corrected chi connectivity index (χ1v) is 3.97. The molecule has 1 heterocycles. The lowest BCUT2D eigenvalue weighted by Crippen LogP contribution is -1.82. The van der Waals surface area contributed by atoms with Crippen LogP contribution in [0.4, 0.5) is 5.88 Å². The number of hydrogen-bond donors (Lipinski definition) is 0. The van der Waals surface area contributed by atoms with Gasteiger partial charge in [-0.1, -0.05) is 15.9 Å². The normalized spacial score (nSPS) is 11.7. The molecule has 1 aromatic rings. The minimum absolute atomic E-state index is 0.241. The standard InChI is InChI=1S/C7H6BrNO3/c1-5(8)4-6-2-3-7(12-6)9(10)11/h2-4H,1H3/b5-4+. The van der Waals surface area contributed by atoms with Crippen molar-refractivity contribution in [1.82, 2.24) is 0 Å². The van der Waals surface area contributed by atoms with Crippen LogP contribution in [0.2, 0.25) is 0 Å². The van der Waals surface area contributed by atoms with Crippen molar-refractivity contribution < 1.29 is 9.34 Å². The van der Waals surface area contributed by atoms with Gasteiger partial charge < -0.3 is 4.42 Å². The third-order valence-electron chi connectivity index (χ3n) is 1.13. The smallest absolute Gasteiger partial charge is 0.401 e. The Labute approximate surface area is 77.2 Å². The van der Waals surface area contributed by atoms with Gasteiger partial charge in [-0.25, -0.2) is 0 Å². The lowest BCUT2D eigenvalue weighted by molar-refractivity contribution is -0.402. The van der Waals surface area contributed by atoms with Crippen LogP contribution in [0.15, 0.2) is 21.0 Å². The SMILES string of the molecule is C/C(Br)=C\c1ccc([N+](=O)[O-])o1. The van der Waals surface area contributed by atoms with Gasteiger partial charge in [-0.15, -0.1) is 0 Å². The zero-order valence-corrected chi connectivity index (χ0v) is 7.87. The number of allylic oxidation sites excluding steroid dienone is 1. The molecule has 1 aromatic heterocycles. The van der Waals surface area contributed by atoms with Crippen molar-refractivity contribution >= 4 is 27.9 Å². The van der Waals surface area contributed by atoms with Crippen LogP contribution in [-0.2, 0) is 0 Å². The highest BCUT2D eigenvalue weighted by molar-refractivity contribution is 9.11. The van der Waals surface area contributed by atoms with E-state index in [4.69, 9.17) is 4.42 Å². The topological polar surface area (TPSA) is 56.3 Å². The van der Waals surface area contributed by atoms with Gasteiger partial charge in [-0.3, -0.25) is 10.1 Å². The number of furan rings is 1. The van der Waals surface area contributed by atoms with E-state index in [1.807, 2.05) is 6.92 Å². The number of hydrogen-bond acceptors (Lipinski definition) is 3. The lowest BCUT2D eigenvalue weighted by atomic mass is 10.4. The Morgan fingerprint density at radius 1 is 1.75 bits per heavy atom. The first-order chi connectivity index (χ1) is 5.59. The van der Waals surface area contributed by atoms with E-state index in [1.54, 1.807) is 12.1 Å². The average Bonchev–Trinajstić information content (AvgIpc) is 2.34. The van der Waals surface area contributed by atoms with Crippen LogP contribution in [0.25, 0.3) is 6.08 Å². The van der Waals surface area contributed by atoms with Crippen LogP contribution < -0.4 is 0 Å². The summed E-state index contributed by atoms with van der Waals surface area (Å²) >= 11 is 3.19. The van der Waals surface area contributed by atoms with Crippen LogP contribution in [-0.4, -0.2) is 4.92 Å². The van der Waals surface area contributed by atoms with Gasteiger partial charge in [0.25, 0.3) is 0 Å². The predicted octanol–water partition coefficient (Wildman–Crippen LogP) is 2.94. The Kier molecular flexibility index (Phi) is 2.65. The molecule has 0 radical (unpaired) electrons. The summed E-state index contributed by atoms with van der Waals surface area (Å²) in [4.78, 5) is 9.61. The van der Waals surface area contributed by atoms with Crippen LogP contribution in [0, 0.1) is 10.1 Å². The molecule has 12 heavy (non-hydrogen) atoms. The highest BCUT2D eigenvalue weighted by atomic mass is 79.9. The minimum atomic E-state index is -0.569. The quantitative estimate of drug-likeness (QED) is 0.581. The van der Waals surface area contributed by atoms with Crippen molar-refractivity contribution in [3.8, 4) is 0 Å². The van der Waals surface area contributed by atoms with Gasteiger partial charge in [-0.2, -0.15) is 0 Å². The Morgan fingerprint density at radius 2 is 2.42 bits per heavy atom. The molecule has 0 unspecified atom stereocenters. The highest BCUT2D eigenvalue weighted by Gasteiger charge is 2.09. The zero-order chi connectivity index (χ0) is 9.14. The molecule has 0 aromatic carbocycles. The third kappa shape index (κ3) is 2.20. The van der Waals surface area contributed by atoms with Crippen molar-refractivity contribution in [1.29, 1.82) is 0 Å². The van der Waals surface area contributed by atoms with Gasteiger partial charge in [0.05, 0.1) is 6.07 Å². The molecule has 0 aliphatic heterocycles. The number of nitrogens with zero attached hydrogens (tertiary/aromatic N) is 1. The maximum atomic E-state index is 10.2. The van der Waals surface area contributed by atoms with E-state index in [0.717, 1.165) is 4.48 Å². The third-order valence-corrected chi connectivity index (χ3v) is 1.36. The summed E-state index contributed by atoms with van der Waals surface area (Å²) in [6.07, 6.45) is 1.66. The molecule has 0 N–H and O–H groups in total. The molecule has 64 valence electrons. The molecule has 0 spiro atoms. The average molecular weight is 232 g/mol. The van der Waals surface area contributed by atoms with Gasteiger partial charge in [-0.05, 0) is 23.5 Å². The van der Waals surface area contributed by atoms with Crippen LogP contribution in [0.1, 0.15) is 12.7 Å². The molecule has 0 saturated heterocycles. The maximum Gasteiger partial charge on any atom is 0.433 e. The summed E-state index contributed by atoms with van der Waals surface area (Å²) in [6, 6.07) is 2.87. The van der Waals surface area contributed by atoms with Crippen LogP contribution >= 0.6 is 15.9 Å². The molecule has 0 bridgehead atoms. The van der Waals surface area contributed by atoms with Crippen molar-refractivity contribution in [3.05, 3.63) is 32.5 Å². The maximum absolute atomic E-state index is 10.2. The fourth-order valence-electron chi connectivity index (χ4n) is 0.714.